The number of nitrogens with zero attached hydrogens (tertiary/aromatic N) is 4. The molecule has 1 saturated heterocycles. The fourth-order valence-corrected chi connectivity index (χ4v) is 4.80. The van der Waals surface area contributed by atoms with E-state index in [2.05, 4.69) is 50.8 Å². The molecule has 3 aromatic rings. The molecule has 1 aliphatic carbocycles. The highest BCUT2D eigenvalue weighted by Gasteiger charge is 2.30. The van der Waals surface area contributed by atoms with Gasteiger partial charge < -0.3 is 9.55 Å². The Balaban J connectivity index is 1.39. The number of benzene rings is 1. The van der Waals surface area contributed by atoms with E-state index in [1.165, 1.54) is 49.8 Å². The van der Waals surface area contributed by atoms with Crippen molar-refractivity contribution in [2.75, 3.05) is 6.54 Å². The number of fused-ring (bicyclic) bond motifs is 1. The Morgan fingerprint density at radius 2 is 2.04 bits per heavy atom. The standard InChI is InChI=1S/C21H27N5/c1-15-8-9-18-19(11-15)24-21(23-18)20-7-4-10-25(20)13-17-12-22-14-26(17)16-5-2-3-6-16/h8-9,11-12,14,16,20H,2-7,10,13H2,1H3,(H,23,24)/t20-/m1/s1. The number of H-pyrrole nitrogens is 1. The van der Waals surface area contributed by atoms with Crippen LogP contribution in [0.25, 0.3) is 11.0 Å². The van der Waals surface area contributed by atoms with E-state index in [1.807, 2.05) is 6.33 Å². The molecule has 0 bridgehead atoms. The summed E-state index contributed by atoms with van der Waals surface area (Å²) < 4.78 is 2.43. The Bertz CT molecular complexity index is 902. The van der Waals surface area contributed by atoms with Crippen LogP contribution in [0.5, 0.6) is 0 Å². The molecule has 0 unspecified atom stereocenters. The van der Waals surface area contributed by atoms with Gasteiger partial charge in [-0.1, -0.05) is 18.9 Å². The predicted molar refractivity (Wildman–Crippen MR) is 103 cm³/mol. The second-order valence-corrected chi connectivity index (χ2v) is 8.00. The van der Waals surface area contributed by atoms with Gasteiger partial charge in [0.2, 0.25) is 0 Å². The van der Waals surface area contributed by atoms with Gasteiger partial charge in [-0.15, -0.1) is 0 Å². The average Bonchev–Trinajstić information content (AvgIpc) is 3.41. The summed E-state index contributed by atoms with van der Waals surface area (Å²) in [6.07, 6.45) is 11.8. The van der Waals surface area contributed by atoms with Crippen molar-refractivity contribution >= 4 is 11.0 Å². The Hall–Kier alpha value is -2.14. The number of aromatic amines is 1. The van der Waals surface area contributed by atoms with Crippen molar-refractivity contribution in [3.8, 4) is 0 Å². The number of nitrogens with one attached hydrogen (secondary N) is 1. The first-order valence-corrected chi connectivity index (χ1v) is 9.99. The molecule has 3 heterocycles. The first-order chi connectivity index (χ1) is 12.8. The summed E-state index contributed by atoms with van der Waals surface area (Å²) in [7, 11) is 0. The number of aryl methyl sites for hydroxylation is 1. The molecule has 1 aliphatic heterocycles. The van der Waals surface area contributed by atoms with Crippen LogP contribution in [-0.4, -0.2) is 31.0 Å². The van der Waals surface area contributed by atoms with Crippen LogP contribution >= 0.6 is 0 Å². The highest BCUT2D eigenvalue weighted by atomic mass is 15.2. The first kappa shape index (κ1) is 16.1. The van der Waals surface area contributed by atoms with Gasteiger partial charge in [-0.3, -0.25) is 4.90 Å². The van der Waals surface area contributed by atoms with Crippen LogP contribution in [0.4, 0.5) is 0 Å². The predicted octanol–water partition coefficient (Wildman–Crippen LogP) is 4.52. The maximum atomic E-state index is 4.90. The monoisotopic (exact) mass is 349 g/mol. The van der Waals surface area contributed by atoms with E-state index >= 15 is 0 Å². The van der Waals surface area contributed by atoms with E-state index in [-0.39, 0.29) is 0 Å². The van der Waals surface area contributed by atoms with Crippen molar-refractivity contribution in [2.45, 2.75) is 64.1 Å². The molecule has 0 spiro atoms. The number of likely N-dealkylation sites (tertiary alicyclic amines) is 1. The molecule has 5 heteroatoms. The molecule has 5 rings (SSSR count). The lowest BCUT2D eigenvalue weighted by Crippen LogP contribution is -2.25. The molecule has 2 aromatic heterocycles. The molecule has 0 amide bonds. The van der Waals surface area contributed by atoms with Crippen LogP contribution in [0.3, 0.4) is 0 Å². The van der Waals surface area contributed by atoms with Crippen LogP contribution in [0, 0.1) is 6.92 Å². The van der Waals surface area contributed by atoms with Crippen molar-refractivity contribution in [2.24, 2.45) is 0 Å². The lowest BCUT2D eigenvalue weighted by Gasteiger charge is -2.24. The lowest BCUT2D eigenvalue weighted by atomic mass is 10.2. The van der Waals surface area contributed by atoms with Gasteiger partial charge in [-0.25, -0.2) is 9.97 Å². The molecule has 0 radical (unpaired) electrons. The Labute approximate surface area is 154 Å². The highest BCUT2D eigenvalue weighted by molar-refractivity contribution is 5.75. The molecule has 26 heavy (non-hydrogen) atoms. The van der Waals surface area contributed by atoms with E-state index in [1.54, 1.807) is 0 Å². The number of aromatic nitrogens is 4. The summed E-state index contributed by atoms with van der Waals surface area (Å²) >= 11 is 0. The summed E-state index contributed by atoms with van der Waals surface area (Å²) in [5, 5.41) is 0. The summed E-state index contributed by atoms with van der Waals surface area (Å²) in [4.78, 5) is 15.5. The minimum Gasteiger partial charge on any atom is -0.341 e. The van der Waals surface area contributed by atoms with Gasteiger partial charge in [0.05, 0.1) is 29.1 Å². The summed E-state index contributed by atoms with van der Waals surface area (Å²) in [5.41, 5.74) is 4.86. The zero-order chi connectivity index (χ0) is 17.5. The number of hydrogen-bond donors (Lipinski definition) is 1. The van der Waals surface area contributed by atoms with Gasteiger partial charge >= 0.3 is 0 Å². The Morgan fingerprint density at radius 1 is 1.15 bits per heavy atom. The molecule has 1 saturated carbocycles. The van der Waals surface area contributed by atoms with Crippen molar-refractivity contribution < 1.29 is 0 Å². The molecule has 1 atom stereocenters. The zero-order valence-electron chi connectivity index (χ0n) is 15.5. The Kier molecular flexibility index (Phi) is 4.04. The molecule has 2 fully saturated rings. The molecular weight excluding hydrogens is 322 g/mol. The number of hydrogen-bond acceptors (Lipinski definition) is 3. The number of rotatable bonds is 4. The van der Waals surface area contributed by atoms with E-state index < -0.39 is 0 Å². The maximum absolute atomic E-state index is 4.90. The van der Waals surface area contributed by atoms with Gasteiger partial charge in [0.15, 0.2) is 0 Å². The van der Waals surface area contributed by atoms with Crippen LogP contribution in [0.2, 0.25) is 0 Å². The van der Waals surface area contributed by atoms with Crippen LogP contribution in [0.1, 0.15) is 67.7 Å². The largest absolute Gasteiger partial charge is 0.341 e. The SMILES string of the molecule is Cc1ccc2nc([C@H]3CCCN3Cc3cncn3C3CCCC3)[nH]c2c1. The highest BCUT2D eigenvalue weighted by Crippen LogP contribution is 2.35. The third kappa shape index (κ3) is 2.84. The van der Waals surface area contributed by atoms with Crippen LogP contribution < -0.4 is 0 Å². The fraction of sp³-hybridized carbons (Fsp3) is 0.524. The van der Waals surface area contributed by atoms with E-state index in [4.69, 9.17) is 4.98 Å². The van der Waals surface area contributed by atoms with Crippen molar-refractivity contribution in [3.63, 3.8) is 0 Å². The summed E-state index contributed by atoms with van der Waals surface area (Å²) in [6.45, 7) is 4.24. The Morgan fingerprint density at radius 3 is 2.92 bits per heavy atom. The first-order valence-electron chi connectivity index (χ1n) is 9.99. The van der Waals surface area contributed by atoms with Gasteiger partial charge in [-0.05, 0) is 56.8 Å². The second-order valence-electron chi connectivity index (χ2n) is 8.00. The summed E-state index contributed by atoms with van der Waals surface area (Å²) in [5.74, 6) is 1.12. The van der Waals surface area contributed by atoms with Crippen LogP contribution in [0.15, 0.2) is 30.7 Å². The molecular formula is C21H27N5. The maximum Gasteiger partial charge on any atom is 0.124 e. The fourth-order valence-electron chi connectivity index (χ4n) is 4.80. The third-order valence-electron chi connectivity index (χ3n) is 6.16. The average molecular weight is 349 g/mol. The van der Waals surface area contributed by atoms with Crippen molar-refractivity contribution in [3.05, 3.63) is 47.8 Å². The minimum absolute atomic E-state index is 0.384. The topological polar surface area (TPSA) is 49.7 Å². The van der Waals surface area contributed by atoms with Gasteiger partial charge in [0.1, 0.15) is 5.82 Å². The molecule has 5 nitrogen and oxygen atoms in total. The van der Waals surface area contributed by atoms with E-state index in [0.717, 1.165) is 29.9 Å². The third-order valence-corrected chi connectivity index (χ3v) is 6.16. The quantitative estimate of drug-likeness (QED) is 0.753. The van der Waals surface area contributed by atoms with Gasteiger partial charge in [0, 0.05) is 18.8 Å². The lowest BCUT2D eigenvalue weighted by molar-refractivity contribution is 0.233. The number of imidazole rings is 2. The minimum atomic E-state index is 0.384. The summed E-state index contributed by atoms with van der Waals surface area (Å²) in [6, 6.07) is 7.50. The smallest absolute Gasteiger partial charge is 0.124 e. The van der Waals surface area contributed by atoms with Crippen molar-refractivity contribution in [1.82, 2.24) is 24.4 Å². The van der Waals surface area contributed by atoms with Crippen molar-refractivity contribution in [1.29, 1.82) is 0 Å². The molecule has 1 aromatic carbocycles. The van der Waals surface area contributed by atoms with Gasteiger partial charge in [0.25, 0.3) is 0 Å². The molecule has 1 N–H and O–H groups in total. The second kappa shape index (κ2) is 6.54. The van der Waals surface area contributed by atoms with Crippen LogP contribution in [-0.2, 0) is 6.54 Å². The molecule has 136 valence electrons. The molecule has 2 aliphatic rings. The normalized spacial score (nSPS) is 22.0. The van der Waals surface area contributed by atoms with Gasteiger partial charge in [-0.2, -0.15) is 0 Å². The van der Waals surface area contributed by atoms with E-state index in [0.29, 0.717) is 12.1 Å². The van der Waals surface area contributed by atoms with E-state index in [9.17, 15) is 0 Å². The zero-order valence-corrected chi connectivity index (χ0v) is 15.5.